The number of amides is 2. The highest BCUT2D eigenvalue weighted by Gasteiger charge is 2.30. The third-order valence-electron chi connectivity index (χ3n) is 6.20. The van der Waals surface area contributed by atoms with E-state index in [9.17, 15) is 9.59 Å². The van der Waals surface area contributed by atoms with Gasteiger partial charge in [0.1, 0.15) is 0 Å². The highest BCUT2D eigenvalue weighted by atomic mass is 16.2. The van der Waals surface area contributed by atoms with Crippen molar-refractivity contribution in [1.82, 2.24) is 25.8 Å². The molecule has 8 nitrogen and oxygen atoms in total. The number of guanidine groups is 1. The number of carbonyl (C=O) groups excluding carboxylic acids is 2. The maximum Gasteiger partial charge on any atom is 0.251 e. The van der Waals surface area contributed by atoms with E-state index in [1.54, 1.807) is 14.1 Å². The molecule has 31 heavy (non-hydrogen) atoms. The van der Waals surface area contributed by atoms with E-state index in [-0.39, 0.29) is 5.91 Å². The van der Waals surface area contributed by atoms with Crippen LogP contribution in [-0.2, 0) is 11.2 Å². The molecule has 3 N–H and O–H groups in total. The Hall–Kier alpha value is -2.61. The summed E-state index contributed by atoms with van der Waals surface area (Å²) in [5.41, 5.74) is 1.79. The molecule has 1 saturated heterocycles. The fourth-order valence-electron chi connectivity index (χ4n) is 4.00. The quantitative estimate of drug-likeness (QED) is 0.419. The number of benzene rings is 1. The lowest BCUT2D eigenvalue weighted by Crippen LogP contribution is -2.52. The van der Waals surface area contributed by atoms with Crippen LogP contribution in [0.15, 0.2) is 29.3 Å². The Balaban J connectivity index is 1.31. The molecule has 1 saturated carbocycles. The molecule has 2 aliphatic rings. The Labute approximate surface area is 185 Å². The van der Waals surface area contributed by atoms with Crippen LogP contribution in [0.5, 0.6) is 0 Å². The second kappa shape index (κ2) is 11.7. The van der Waals surface area contributed by atoms with Crippen molar-refractivity contribution in [2.75, 3.05) is 59.9 Å². The standard InChI is InChI=1S/C23H36N6O2/c1-24-21(30)20-8-3-5-18(17-20)9-10-26-23(25-2)27-11-12-28-13-15-29(16-14-28)22(31)19-6-4-7-19/h3,5,8,17,19H,4,6-7,9-16H2,1-2H3,(H,24,30)(H2,25,26,27). The maximum absolute atomic E-state index is 12.4. The van der Waals surface area contributed by atoms with Crippen molar-refractivity contribution in [2.24, 2.45) is 10.9 Å². The smallest absolute Gasteiger partial charge is 0.251 e. The fraction of sp³-hybridized carbons (Fsp3) is 0.609. The van der Waals surface area contributed by atoms with E-state index in [1.807, 2.05) is 29.2 Å². The van der Waals surface area contributed by atoms with Crippen molar-refractivity contribution in [3.8, 4) is 0 Å². The van der Waals surface area contributed by atoms with Gasteiger partial charge in [-0.25, -0.2) is 0 Å². The van der Waals surface area contributed by atoms with E-state index < -0.39 is 0 Å². The number of hydrogen-bond acceptors (Lipinski definition) is 4. The molecule has 170 valence electrons. The Morgan fingerprint density at radius 1 is 1.10 bits per heavy atom. The molecule has 0 bridgehead atoms. The first-order valence-corrected chi connectivity index (χ1v) is 11.4. The van der Waals surface area contributed by atoms with Crippen LogP contribution in [0.2, 0.25) is 0 Å². The van der Waals surface area contributed by atoms with E-state index >= 15 is 0 Å². The highest BCUT2D eigenvalue weighted by molar-refractivity contribution is 5.94. The molecule has 1 aromatic rings. The molecule has 8 heteroatoms. The zero-order valence-corrected chi connectivity index (χ0v) is 18.8. The van der Waals surface area contributed by atoms with Gasteiger partial charge in [-0.1, -0.05) is 18.6 Å². The first kappa shape index (κ1) is 23.1. The largest absolute Gasteiger partial charge is 0.356 e. The number of aliphatic imine (C=N–C) groups is 1. The Bertz CT molecular complexity index is 769. The zero-order chi connectivity index (χ0) is 22.1. The Kier molecular flexibility index (Phi) is 8.70. The number of hydrogen-bond donors (Lipinski definition) is 3. The van der Waals surface area contributed by atoms with Crippen LogP contribution in [0.3, 0.4) is 0 Å². The second-order valence-electron chi connectivity index (χ2n) is 8.25. The maximum atomic E-state index is 12.4. The summed E-state index contributed by atoms with van der Waals surface area (Å²) in [7, 11) is 3.41. The van der Waals surface area contributed by atoms with E-state index in [1.165, 1.54) is 6.42 Å². The number of nitrogens with one attached hydrogen (secondary N) is 3. The lowest BCUT2D eigenvalue weighted by atomic mass is 9.84. The number of piperazine rings is 1. The van der Waals surface area contributed by atoms with E-state index in [4.69, 9.17) is 0 Å². The summed E-state index contributed by atoms with van der Waals surface area (Å²) in [4.78, 5) is 32.8. The van der Waals surface area contributed by atoms with Gasteiger partial charge in [0, 0.05) is 71.4 Å². The molecule has 3 rings (SSSR count). The first-order chi connectivity index (χ1) is 15.1. The normalized spacial score (nSPS) is 17.7. The molecule has 1 heterocycles. The van der Waals surface area contributed by atoms with Crippen molar-refractivity contribution in [2.45, 2.75) is 25.7 Å². The minimum absolute atomic E-state index is 0.0690. The van der Waals surface area contributed by atoms with Gasteiger partial charge in [0.05, 0.1) is 0 Å². The van der Waals surface area contributed by atoms with Crippen molar-refractivity contribution in [1.29, 1.82) is 0 Å². The van der Waals surface area contributed by atoms with Crippen molar-refractivity contribution < 1.29 is 9.59 Å². The minimum atomic E-state index is -0.0690. The Morgan fingerprint density at radius 3 is 2.48 bits per heavy atom. The van der Waals surface area contributed by atoms with Crippen LogP contribution in [-0.4, -0.2) is 87.5 Å². The van der Waals surface area contributed by atoms with E-state index in [2.05, 4.69) is 25.8 Å². The average Bonchev–Trinajstić information content (AvgIpc) is 2.77. The molecule has 0 atom stereocenters. The molecule has 1 aromatic carbocycles. The monoisotopic (exact) mass is 428 g/mol. The van der Waals surface area contributed by atoms with Crippen LogP contribution < -0.4 is 16.0 Å². The predicted molar refractivity (Wildman–Crippen MR) is 123 cm³/mol. The molecule has 0 spiro atoms. The van der Waals surface area contributed by atoms with Gasteiger partial charge in [0.25, 0.3) is 5.91 Å². The minimum Gasteiger partial charge on any atom is -0.356 e. The summed E-state index contributed by atoms with van der Waals surface area (Å²) in [6.45, 7) is 6.04. The molecular formula is C23H36N6O2. The first-order valence-electron chi connectivity index (χ1n) is 11.4. The zero-order valence-electron chi connectivity index (χ0n) is 18.8. The third-order valence-corrected chi connectivity index (χ3v) is 6.20. The molecular weight excluding hydrogens is 392 g/mol. The number of carbonyl (C=O) groups is 2. The number of rotatable bonds is 8. The van der Waals surface area contributed by atoms with Crippen molar-refractivity contribution >= 4 is 17.8 Å². The summed E-state index contributed by atoms with van der Waals surface area (Å²) in [5, 5.41) is 9.35. The molecule has 2 amide bonds. The van der Waals surface area contributed by atoms with Crippen LogP contribution in [0, 0.1) is 5.92 Å². The molecule has 0 aromatic heterocycles. The van der Waals surface area contributed by atoms with Crippen molar-refractivity contribution in [3.63, 3.8) is 0 Å². The fourth-order valence-corrected chi connectivity index (χ4v) is 4.00. The molecule has 1 aliphatic heterocycles. The molecule has 2 fully saturated rings. The lowest BCUT2D eigenvalue weighted by Gasteiger charge is -2.38. The lowest BCUT2D eigenvalue weighted by molar-refractivity contribution is -0.139. The molecule has 0 radical (unpaired) electrons. The third kappa shape index (κ3) is 6.69. The Morgan fingerprint density at radius 2 is 1.84 bits per heavy atom. The van der Waals surface area contributed by atoms with Gasteiger partial charge in [0.2, 0.25) is 5.91 Å². The van der Waals surface area contributed by atoms with Gasteiger partial charge in [-0.3, -0.25) is 19.5 Å². The van der Waals surface area contributed by atoms with Gasteiger partial charge >= 0.3 is 0 Å². The van der Waals surface area contributed by atoms with Crippen LogP contribution in [0.25, 0.3) is 0 Å². The van der Waals surface area contributed by atoms with E-state index in [0.717, 1.165) is 76.6 Å². The summed E-state index contributed by atoms with van der Waals surface area (Å²) >= 11 is 0. The van der Waals surface area contributed by atoms with Gasteiger partial charge < -0.3 is 20.9 Å². The summed E-state index contributed by atoms with van der Waals surface area (Å²) < 4.78 is 0. The van der Waals surface area contributed by atoms with Crippen LogP contribution in [0.4, 0.5) is 0 Å². The van der Waals surface area contributed by atoms with Crippen molar-refractivity contribution in [3.05, 3.63) is 35.4 Å². The van der Waals surface area contributed by atoms with E-state index in [0.29, 0.717) is 17.4 Å². The number of nitrogens with zero attached hydrogens (tertiary/aromatic N) is 3. The van der Waals surface area contributed by atoms with Gasteiger partial charge in [0.15, 0.2) is 5.96 Å². The van der Waals surface area contributed by atoms with Gasteiger partial charge in [-0.05, 0) is 37.0 Å². The SMILES string of the molecule is CN=C(NCCc1cccc(C(=O)NC)c1)NCCN1CCN(C(=O)C2CCC2)CC1. The summed E-state index contributed by atoms with van der Waals surface area (Å²) in [6, 6.07) is 7.68. The summed E-state index contributed by atoms with van der Waals surface area (Å²) in [5.74, 6) is 1.38. The molecule has 0 unspecified atom stereocenters. The average molecular weight is 429 g/mol. The predicted octanol–water partition coefficient (Wildman–Crippen LogP) is 0.698. The van der Waals surface area contributed by atoms with Gasteiger partial charge in [-0.2, -0.15) is 0 Å². The second-order valence-corrected chi connectivity index (χ2v) is 8.25. The van der Waals surface area contributed by atoms with Crippen LogP contribution in [0.1, 0.15) is 35.2 Å². The summed E-state index contributed by atoms with van der Waals surface area (Å²) in [6.07, 6.45) is 4.17. The topological polar surface area (TPSA) is 89.1 Å². The van der Waals surface area contributed by atoms with Crippen LogP contribution >= 0.6 is 0 Å². The molecule has 1 aliphatic carbocycles. The highest BCUT2D eigenvalue weighted by Crippen LogP contribution is 2.28. The van der Waals surface area contributed by atoms with Gasteiger partial charge in [-0.15, -0.1) is 0 Å².